The molecule has 4 heteroatoms. The van der Waals surface area contributed by atoms with Crippen molar-refractivity contribution in [3.8, 4) is 0 Å². The topological polar surface area (TPSA) is 46.2 Å². The molecule has 0 radical (unpaired) electrons. The molecule has 1 rings (SSSR count). The zero-order valence-corrected chi connectivity index (χ0v) is 12.2. The summed E-state index contributed by atoms with van der Waals surface area (Å²) in [6.07, 6.45) is 6.60. The Balaban J connectivity index is 2.39. The molecule has 1 fully saturated rings. The Labute approximate surface area is 106 Å². The summed E-state index contributed by atoms with van der Waals surface area (Å²) in [6.45, 7) is 6.44. The van der Waals surface area contributed by atoms with E-state index >= 15 is 0 Å². The minimum atomic E-state index is -2.83. The van der Waals surface area contributed by atoms with Crippen molar-refractivity contribution in [3.63, 3.8) is 0 Å². The SMILES string of the molecule is CCNCC(C)CC1CCCC(S(C)(=O)=O)C1. The predicted octanol–water partition coefficient (Wildman–Crippen LogP) is 2.23. The molecule has 0 aromatic heterocycles. The lowest BCUT2D eigenvalue weighted by Crippen LogP contribution is -2.29. The normalized spacial score (nSPS) is 27.9. The summed E-state index contributed by atoms with van der Waals surface area (Å²) in [6, 6.07) is 0. The lowest BCUT2D eigenvalue weighted by atomic mass is 9.83. The van der Waals surface area contributed by atoms with E-state index in [9.17, 15) is 8.42 Å². The minimum Gasteiger partial charge on any atom is -0.317 e. The summed E-state index contributed by atoms with van der Waals surface area (Å²) in [5.74, 6) is 1.26. The summed E-state index contributed by atoms with van der Waals surface area (Å²) in [4.78, 5) is 0. The average Bonchev–Trinajstić information content (AvgIpc) is 2.25. The van der Waals surface area contributed by atoms with E-state index in [1.54, 1.807) is 0 Å². The van der Waals surface area contributed by atoms with Crippen molar-refractivity contribution in [2.45, 2.75) is 51.2 Å². The van der Waals surface area contributed by atoms with Gasteiger partial charge in [-0.05, 0) is 44.2 Å². The van der Waals surface area contributed by atoms with Crippen LogP contribution in [0.3, 0.4) is 0 Å². The van der Waals surface area contributed by atoms with Crippen molar-refractivity contribution in [3.05, 3.63) is 0 Å². The van der Waals surface area contributed by atoms with Crippen LogP contribution in [0.15, 0.2) is 0 Å². The smallest absolute Gasteiger partial charge is 0.150 e. The van der Waals surface area contributed by atoms with E-state index in [1.165, 1.54) is 19.1 Å². The summed E-state index contributed by atoms with van der Waals surface area (Å²) in [5, 5.41) is 3.28. The Kier molecular flexibility index (Phi) is 5.93. The molecule has 3 atom stereocenters. The van der Waals surface area contributed by atoms with Gasteiger partial charge in [0.05, 0.1) is 5.25 Å². The molecule has 17 heavy (non-hydrogen) atoms. The third-order valence-corrected chi connectivity index (χ3v) is 5.46. The molecule has 0 heterocycles. The molecular formula is C13H27NO2S. The van der Waals surface area contributed by atoms with Crippen molar-refractivity contribution in [2.75, 3.05) is 19.3 Å². The van der Waals surface area contributed by atoms with Crippen molar-refractivity contribution in [1.29, 1.82) is 0 Å². The van der Waals surface area contributed by atoms with Crippen molar-refractivity contribution >= 4 is 9.84 Å². The Morgan fingerprint density at radius 2 is 2.06 bits per heavy atom. The lowest BCUT2D eigenvalue weighted by molar-refractivity contribution is 0.293. The highest BCUT2D eigenvalue weighted by atomic mass is 32.2. The fraction of sp³-hybridized carbons (Fsp3) is 1.00. The van der Waals surface area contributed by atoms with E-state index in [2.05, 4.69) is 19.2 Å². The summed E-state index contributed by atoms with van der Waals surface area (Å²) in [5.41, 5.74) is 0. The van der Waals surface area contributed by atoms with Crippen LogP contribution in [0.25, 0.3) is 0 Å². The van der Waals surface area contributed by atoms with Gasteiger partial charge in [-0.25, -0.2) is 8.42 Å². The fourth-order valence-electron chi connectivity index (χ4n) is 2.89. The van der Waals surface area contributed by atoms with E-state index in [0.717, 1.165) is 32.4 Å². The van der Waals surface area contributed by atoms with Gasteiger partial charge in [0.15, 0.2) is 0 Å². The van der Waals surface area contributed by atoms with Gasteiger partial charge in [0.1, 0.15) is 9.84 Å². The zero-order chi connectivity index (χ0) is 12.9. The Hall–Kier alpha value is -0.0900. The van der Waals surface area contributed by atoms with E-state index in [1.807, 2.05) is 0 Å². The third-order valence-electron chi connectivity index (χ3n) is 3.82. The fourth-order valence-corrected chi connectivity index (χ4v) is 4.10. The molecule has 102 valence electrons. The highest BCUT2D eigenvalue weighted by Gasteiger charge is 2.29. The molecule has 0 saturated heterocycles. The Morgan fingerprint density at radius 1 is 1.35 bits per heavy atom. The van der Waals surface area contributed by atoms with Crippen LogP contribution in [0.4, 0.5) is 0 Å². The standard InChI is InChI=1S/C13H27NO2S/c1-4-14-10-11(2)8-12-6-5-7-13(9-12)17(3,15)16/h11-14H,4-10H2,1-3H3. The lowest BCUT2D eigenvalue weighted by Gasteiger charge is -2.29. The molecule has 0 amide bonds. The number of sulfone groups is 1. The van der Waals surface area contributed by atoms with Crippen LogP contribution in [-0.2, 0) is 9.84 Å². The van der Waals surface area contributed by atoms with Crippen molar-refractivity contribution < 1.29 is 8.42 Å². The first-order chi connectivity index (χ1) is 7.93. The second-order valence-electron chi connectivity index (χ2n) is 5.63. The van der Waals surface area contributed by atoms with Crippen LogP contribution in [0.5, 0.6) is 0 Å². The first-order valence-corrected chi connectivity index (χ1v) is 8.78. The second kappa shape index (κ2) is 6.74. The Morgan fingerprint density at radius 3 is 2.65 bits per heavy atom. The van der Waals surface area contributed by atoms with E-state index in [0.29, 0.717) is 11.8 Å². The van der Waals surface area contributed by atoms with Crippen molar-refractivity contribution in [2.24, 2.45) is 11.8 Å². The quantitative estimate of drug-likeness (QED) is 0.797. The van der Waals surface area contributed by atoms with Gasteiger partial charge >= 0.3 is 0 Å². The molecule has 1 saturated carbocycles. The van der Waals surface area contributed by atoms with Crippen molar-refractivity contribution in [1.82, 2.24) is 5.32 Å². The zero-order valence-electron chi connectivity index (χ0n) is 11.4. The van der Waals surface area contributed by atoms with Gasteiger partial charge in [-0.1, -0.05) is 26.7 Å². The number of hydrogen-bond acceptors (Lipinski definition) is 3. The number of rotatable bonds is 6. The highest BCUT2D eigenvalue weighted by Crippen LogP contribution is 2.32. The summed E-state index contributed by atoms with van der Waals surface area (Å²) < 4.78 is 23.2. The molecule has 0 bridgehead atoms. The van der Waals surface area contributed by atoms with Crippen LogP contribution < -0.4 is 5.32 Å². The van der Waals surface area contributed by atoms with Gasteiger partial charge in [-0.3, -0.25) is 0 Å². The van der Waals surface area contributed by atoms with Gasteiger partial charge in [0.2, 0.25) is 0 Å². The summed E-state index contributed by atoms with van der Waals surface area (Å²) >= 11 is 0. The van der Waals surface area contributed by atoms with Crippen LogP contribution in [0.2, 0.25) is 0 Å². The number of hydrogen-bond donors (Lipinski definition) is 1. The third kappa shape index (κ3) is 5.38. The molecular weight excluding hydrogens is 234 g/mol. The van der Waals surface area contributed by atoms with E-state index in [-0.39, 0.29) is 5.25 Å². The second-order valence-corrected chi connectivity index (χ2v) is 7.96. The average molecular weight is 261 g/mol. The first kappa shape index (κ1) is 15.0. The Bertz CT molecular complexity index is 313. The predicted molar refractivity (Wildman–Crippen MR) is 72.9 cm³/mol. The maximum absolute atomic E-state index is 11.6. The van der Waals surface area contributed by atoms with Gasteiger partial charge in [-0.15, -0.1) is 0 Å². The van der Waals surface area contributed by atoms with E-state index in [4.69, 9.17) is 0 Å². The highest BCUT2D eigenvalue weighted by molar-refractivity contribution is 7.91. The molecule has 0 spiro atoms. The minimum absolute atomic E-state index is 0.0763. The number of nitrogens with one attached hydrogen (secondary N) is 1. The van der Waals surface area contributed by atoms with Gasteiger partial charge < -0.3 is 5.32 Å². The van der Waals surface area contributed by atoms with Crippen LogP contribution >= 0.6 is 0 Å². The van der Waals surface area contributed by atoms with Gasteiger partial charge in [-0.2, -0.15) is 0 Å². The molecule has 1 N–H and O–H groups in total. The van der Waals surface area contributed by atoms with E-state index < -0.39 is 9.84 Å². The molecule has 3 unspecified atom stereocenters. The largest absolute Gasteiger partial charge is 0.317 e. The summed E-state index contributed by atoms with van der Waals surface area (Å²) in [7, 11) is -2.83. The van der Waals surface area contributed by atoms with Gasteiger partial charge in [0, 0.05) is 6.26 Å². The first-order valence-electron chi connectivity index (χ1n) is 6.83. The van der Waals surface area contributed by atoms with Gasteiger partial charge in [0.25, 0.3) is 0 Å². The van der Waals surface area contributed by atoms with Crippen LogP contribution in [0, 0.1) is 11.8 Å². The molecule has 0 aromatic carbocycles. The molecule has 1 aliphatic carbocycles. The molecule has 0 aromatic rings. The maximum Gasteiger partial charge on any atom is 0.150 e. The van der Waals surface area contributed by atoms with Crippen LogP contribution in [-0.4, -0.2) is 33.0 Å². The molecule has 3 nitrogen and oxygen atoms in total. The molecule has 0 aliphatic heterocycles. The monoisotopic (exact) mass is 261 g/mol. The van der Waals surface area contributed by atoms with Crippen LogP contribution in [0.1, 0.15) is 46.0 Å². The molecule has 1 aliphatic rings. The maximum atomic E-state index is 11.6.